The minimum absolute atomic E-state index is 0.0128. The van der Waals surface area contributed by atoms with Crippen molar-refractivity contribution in [1.29, 1.82) is 0 Å². The minimum Gasteiger partial charge on any atom is -0.497 e. The molecule has 3 aromatic carbocycles. The number of halogens is 1. The topological polar surface area (TPSA) is 96.0 Å². The van der Waals surface area contributed by atoms with Crippen LogP contribution < -0.4 is 14.4 Å². The number of aryl methyl sites for hydroxylation is 1. The van der Waals surface area contributed by atoms with Crippen molar-refractivity contribution in [1.82, 2.24) is 10.2 Å². The van der Waals surface area contributed by atoms with Gasteiger partial charge in [-0.1, -0.05) is 43.7 Å². The number of carbonyl (C=O) groups excluding carboxylic acids is 2. The Hall–Kier alpha value is -3.92. The second-order valence-corrected chi connectivity index (χ2v) is 11.8. The normalized spacial score (nSPS) is 12.7. The monoisotopic (exact) mass is 583 g/mol. The van der Waals surface area contributed by atoms with E-state index >= 15 is 0 Å². The maximum atomic E-state index is 14.1. The summed E-state index contributed by atoms with van der Waals surface area (Å²) in [5.41, 5.74) is 1.71. The van der Waals surface area contributed by atoms with Crippen LogP contribution in [0.2, 0.25) is 0 Å². The van der Waals surface area contributed by atoms with E-state index in [1.54, 1.807) is 37.3 Å². The molecule has 0 saturated heterocycles. The Morgan fingerprint density at radius 3 is 2.22 bits per heavy atom. The van der Waals surface area contributed by atoms with Crippen LogP contribution in [0.4, 0.5) is 10.1 Å². The summed E-state index contributed by atoms with van der Waals surface area (Å²) < 4.78 is 47.8. The lowest BCUT2D eigenvalue weighted by Gasteiger charge is -2.33. The van der Waals surface area contributed by atoms with E-state index in [0.717, 1.165) is 22.0 Å². The highest BCUT2D eigenvalue weighted by atomic mass is 32.2. The van der Waals surface area contributed by atoms with Crippen molar-refractivity contribution in [3.05, 3.63) is 89.7 Å². The summed E-state index contributed by atoms with van der Waals surface area (Å²) in [5.74, 6) is -0.867. The fourth-order valence-corrected chi connectivity index (χ4v) is 5.72. The summed E-state index contributed by atoms with van der Waals surface area (Å²) in [4.78, 5) is 28.8. The Morgan fingerprint density at radius 1 is 0.976 bits per heavy atom. The molecule has 0 spiro atoms. The van der Waals surface area contributed by atoms with Crippen LogP contribution in [0, 0.1) is 12.7 Å². The van der Waals surface area contributed by atoms with Crippen molar-refractivity contribution in [2.75, 3.05) is 18.0 Å². The van der Waals surface area contributed by atoms with Crippen LogP contribution in [0.3, 0.4) is 0 Å². The van der Waals surface area contributed by atoms with Gasteiger partial charge in [0.15, 0.2) is 0 Å². The quantitative estimate of drug-likeness (QED) is 0.304. The number of amides is 2. The molecule has 10 heteroatoms. The maximum absolute atomic E-state index is 14.1. The predicted octanol–water partition coefficient (Wildman–Crippen LogP) is 5.06. The fraction of sp³-hybridized carbons (Fsp3) is 0.355. The van der Waals surface area contributed by atoms with Crippen LogP contribution in [0.1, 0.15) is 44.7 Å². The van der Waals surface area contributed by atoms with Crippen molar-refractivity contribution in [3.63, 3.8) is 0 Å². The highest BCUT2D eigenvalue weighted by molar-refractivity contribution is 7.92. The van der Waals surface area contributed by atoms with Gasteiger partial charge in [-0.2, -0.15) is 0 Å². The number of anilines is 1. The van der Waals surface area contributed by atoms with Crippen molar-refractivity contribution < 1.29 is 27.1 Å². The van der Waals surface area contributed by atoms with Crippen molar-refractivity contribution in [3.8, 4) is 5.75 Å². The number of benzene rings is 3. The second kappa shape index (κ2) is 14.1. The first kappa shape index (κ1) is 31.6. The molecule has 0 fully saturated rings. The van der Waals surface area contributed by atoms with Crippen molar-refractivity contribution in [2.45, 2.75) is 64.1 Å². The average molecular weight is 584 g/mol. The fourth-order valence-electron chi connectivity index (χ4n) is 4.30. The minimum atomic E-state index is -4.23. The number of hydrogen-bond donors (Lipinski definition) is 1. The number of nitrogens with one attached hydrogen (secondary N) is 1. The van der Waals surface area contributed by atoms with Crippen LogP contribution in [-0.4, -0.2) is 50.9 Å². The molecule has 2 atom stereocenters. The summed E-state index contributed by atoms with van der Waals surface area (Å²) in [5, 5.41) is 2.95. The molecular weight excluding hydrogens is 545 g/mol. The van der Waals surface area contributed by atoms with Crippen molar-refractivity contribution in [2.24, 2.45) is 0 Å². The zero-order valence-electron chi connectivity index (χ0n) is 24.1. The molecular formula is C31H38FN3O5S. The largest absolute Gasteiger partial charge is 0.497 e. The molecule has 2 amide bonds. The molecule has 0 aliphatic carbocycles. The van der Waals surface area contributed by atoms with Crippen LogP contribution in [0.25, 0.3) is 0 Å². The zero-order valence-corrected chi connectivity index (χ0v) is 24.9. The molecule has 2 unspecified atom stereocenters. The van der Waals surface area contributed by atoms with Gasteiger partial charge in [0.05, 0.1) is 17.7 Å². The predicted molar refractivity (Wildman–Crippen MR) is 158 cm³/mol. The van der Waals surface area contributed by atoms with Crippen molar-refractivity contribution >= 4 is 27.5 Å². The van der Waals surface area contributed by atoms with E-state index in [1.165, 1.54) is 36.3 Å². The van der Waals surface area contributed by atoms with Gasteiger partial charge in [0.1, 0.15) is 24.2 Å². The third-order valence-electron chi connectivity index (χ3n) is 6.88. The Kier molecular flexibility index (Phi) is 10.9. The van der Waals surface area contributed by atoms with Gasteiger partial charge in [-0.15, -0.1) is 0 Å². The first-order valence-electron chi connectivity index (χ1n) is 13.6. The highest BCUT2D eigenvalue weighted by Gasteiger charge is 2.34. The molecule has 0 heterocycles. The lowest BCUT2D eigenvalue weighted by molar-refractivity contribution is -0.140. The van der Waals surface area contributed by atoms with Gasteiger partial charge in [0, 0.05) is 12.6 Å². The smallest absolute Gasteiger partial charge is 0.264 e. The Morgan fingerprint density at radius 2 is 1.63 bits per heavy atom. The summed E-state index contributed by atoms with van der Waals surface area (Å²) in [7, 11) is -2.69. The van der Waals surface area contributed by atoms with Gasteiger partial charge in [0.25, 0.3) is 10.0 Å². The van der Waals surface area contributed by atoms with E-state index in [9.17, 15) is 22.4 Å². The second-order valence-electron chi connectivity index (χ2n) is 9.92. The zero-order chi connectivity index (χ0) is 30.2. The summed E-state index contributed by atoms with van der Waals surface area (Å²) in [6.45, 7) is 6.91. The lowest BCUT2D eigenvalue weighted by atomic mass is 10.1. The standard InChI is InChI=1S/C31H38FN3O5S/c1-6-23(4)33-31(37)29(7-2)34(20-24-9-8-10-27(19-24)40-5)30(36)21-35(26-15-13-25(32)14-16-26)41(38,39)28-17-11-22(3)12-18-28/h8-19,23,29H,6-7,20-21H2,1-5H3,(H,33,37). The number of sulfonamides is 1. The van der Waals surface area contributed by atoms with Crippen LogP contribution in [-0.2, 0) is 26.2 Å². The first-order chi connectivity index (χ1) is 19.5. The molecule has 220 valence electrons. The number of carbonyl (C=O) groups is 2. The van der Waals surface area contributed by atoms with E-state index in [2.05, 4.69) is 5.32 Å². The van der Waals surface area contributed by atoms with Gasteiger partial charge in [-0.3, -0.25) is 13.9 Å². The molecule has 3 aromatic rings. The molecule has 0 bridgehead atoms. The Balaban J connectivity index is 2.06. The van der Waals surface area contributed by atoms with E-state index in [0.29, 0.717) is 24.2 Å². The van der Waals surface area contributed by atoms with Gasteiger partial charge in [0.2, 0.25) is 11.8 Å². The van der Waals surface area contributed by atoms with Gasteiger partial charge >= 0.3 is 0 Å². The Labute approximate surface area is 242 Å². The molecule has 0 saturated carbocycles. The van der Waals surface area contributed by atoms with E-state index < -0.39 is 34.3 Å². The van der Waals surface area contributed by atoms with Gasteiger partial charge in [-0.05, 0) is 80.8 Å². The molecule has 0 aliphatic heterocycles. The maximum Gasteiger partial charge on any atom is 0.264 e. The summed E-state index contributed by atoms with van der Waals surface area (Å²) in [6.07, 6.45) is 1.01. The first-order valence-corrected chi connectivity index (χ1v) is 15.0. The number of rotatable bonds is 13. The van der Waals surface area contributed by atoms with Crippen LogP contribution in [0.15, 0.2) is 77.7 Å². The van der Waals surface area contributed by atoms with E-state index in [-0.39, 0.29) is 29.1 Å². The van der Waals surface area contributed by atoms with Crippen LogP contribution in [0.5, 0.6) is 5.75 Å². The van der Waals surface area contributed by atoms with Gasteiger partial charge in [-0.25, -0.2) is 12.8 Å². The third-order valence-corrected chi connectivity index (χ3v) is 8.66. The summed E-state index contributed by atoms with van der Waals surface area (Å²) >= 11 is 0. The molecule has 0 aromatic heterocycles. The van der Waals surface area contributed by atoms with Gasteiger partial charge < -0.3 is 15.0 Å². The number of nitrogens with zero attached hydrogens (tertiary/aromatic N) is 2. The summed E-state index contributed by atoms with van der Waals surface area (Å²) in [6, 6.07) is 17.3. The third kappa shape index (κ3) is 8.07. The Bertz CT molecular complexity index is 1430. The highest BCUT2D eigenvalue weighted by Crippen LogP contribution is 2.26. The van der Waals surface area contributed by atoms with E-state index in [1.807, 2.05) is 26.8 Å². The average Bonchev–Trinajstić information content (AvgIpc) is 2.96. The molecule has 8 nitrogen and oxygen atoms in total. The number of methoxy groups -OCH3 is 1. The number of ether oxygens (including phenoxy) is 1. The lowest BCUT2D eigenvalue weighted by Crippen LogP contribution is -2.53. The number of hydrogen-bond acceptors (Lipinski definition) is 5. The molecule has 0 radical (unpaired) electrons. The molecule has 1 N–H and O–H groups in total. The SMILES string of the molecule is CCC(C)NC(=O)C(CC)N(Cc1cccc(OC)c1)C(=O)CN(c1ccc(F)cc1)S(=O)(=O)c1ccc(C)cc1. The molecule has 41 heavy (non-hydrogen) atoms. The molecule has 3 rings (SSSR count). The van der Waals surface area contributed by atoms with E-state index in [4.69, 9.17) is 4.74 Å². The molecule has 0 aliphatic rings. The van der Waals surface area contributed by atoms with Crippen LogP contribution >= 0.6 is 0 Å².